The topological polar surface area (TPSA) is 19.0 Å². The predicted octanol–water partition coefficient (Wildman–Crippen LogP) is 2.96. The van der Waals surface area contributed by atoms with Crippen molar-refractivity contribution >= 4 is 17.3 Å². The lowest BCUT2D eigenvalue weighted by atomic mass is 10.1. The van der Waals surface area contributed by atoms with Gasteiger partial charge >= 0.3 is 0 Å². The molecule has 0 radical (unpaired) electrons. The summed E-state index contributed by atoms with van der Waals surface area (Å²) in [7, 11) is 1.72. The van der Waals surface area contributed by atoms with Gasteiger partial charge in [-0.3, -0.25) is 4.90 Å². The summed E-state index contributed by atoms with van der Waals surface area (Å²) in [5, 5.41) is 0.772. The summed E-state index contributed by atoms with van der Waals surface area (Å²) >= 11 is 6.16. The van der Waals surface area contributed by atoms with Crippen LogP contribution in [0.2, 0.25) is 5.02 Å². The average Bonchev–Trinajstić information content (AvgIpc) is 2.61. The molecular weight excluding hydrogens is 310 g/mol. The third-order valence-electron chi connectivity index (χ3n) is 5.04. The number of anilines is 1. The molecule has 0 amide bonds. The van der Waals surface area contributed by atoms with Crippen molar-refractivity contribution in [3.05, 3.63) is 23.2 Å². The maximum Gasteiger partial charge on any atom is 0.142 e. The summed E-state index contributed by atoms with van der Waals surface area (Å²) in [6.07, 6.45) is 4.17. The number of piperidine rings is 1. The van der Waals surface area contributed by atoms with Gasteiger partial charge in [0.15, 0.2) is 0 Å². The van der Waals surface area contributed by atoms with Gasteiger partial charge in [-0.2, -0.15) is 0 Å². The third kappa shape index (κ3) is 4.52. The monoisotopic (exact) mass is 337 g/mol. The molecule has 0 unspecified atom stereocenters. The summed E-state index contributed by atoms with van der Waals surface area (Å²) in [5.41, 5.74) is 1.12. The van der Waals surface area contributed by atoms with E-state index in [0.29, 0.717) is 0 Å². The minimum atomic E-state index is 0.772. The number of benzene rings is 1. The van der Waals surface area contributed by atoms with Gasteiger partial charge in [0.25, 0.3) is 0 Å². The van der Waals surface area contributed by atoms with Gasteiger partial charge in [-0.1, -0.05) is 18.0 Å². The zero-order chi connectivity index (χ0) is 16.1. The second-order valence-electron chi connectivity index (χ2n) is 6.55. The van der Waals surface area contributed by atoms with Gasteiger partial charge in [-0.25, -0.2) is 0 Å². The van der Waals surface area contributed by atoms with Crippen molar-refractivity contribution in [1.82, 2.24) is 9.80 Å². The number of halogens is 1. The number of nitrogens with zero attached hydrogens (tertiary/aromatic N) is 3. The fraction of sp³-hybridized carbons (Fsp3) is 0.667. The molecule has 0 spiro atoms. The highest BCUT2D eigenvalue weighted by Crippen LogP contribution is 2.31. The van der Waals surface area contributed by atoms with E-state index < -0.39 is 0 Å². The van der Waals surface area contributed by atoms with Crippen LogP contribution in [0.25, 0.3) is 0 Å². The lowest BCUT2D eigenvalue weighted by molar-refractivity contribution is 0.176. The fourth-order valence-corrected chi connectivity index (χ4v) is 3.75. The maximum atomic E-state index is 6.16. The van der Waals surface area contributed by atoms with Gasteiger partial charge in [0.1, 0.15) is 5.75 Å². The van der Waals surface area contributed by atoms with Crippen molar-refractivity contribution in [3.63, 3.8) is 0 Å². The maximum absolute atomic E-state index is 6.16. The van der Waals surface area contributed by atoms with Gasteiger partial charge in [0.05, 0.1) is 12.8 Å². The fourth-order valence-electron chi connectivity index (χ4n) is 3.59. The lowest BCUT2D eigenvalue weighted by Gasteiger charge is -2.38. The second-order valence-corrected chi connectivity index (χ2v) is 6.98. The molecule has 128 valence electrons. The Balaban J connectivity index is 1.49. The van der Waals surface area contributed by atoms with Crippen LogP contribution in [-0.2, 0) is 0 Å². The third-order valence-corrected chi connectivity index (χ3v) is 5.27. The van der Waals surface area contributed by atoms with E-state index in [1.165, 1.54) is 45.4 Å². The summed E-state index contributed by atoms with van der Waals surface area (Å²) in [6, 6.07) is 5.86. The summed E-state index contributed by atoms with van der Waals surface area (Å²) < 4.78 is 5.49. The average molecular weight is 338 g/mol. The normalized spacial score (nSPS) is 20.7. The van der Waals surface area contributed by atoms with Crippen molar-refractivity contribution in [2.24, 2.45) is 0 Å². The molecule has 2 fully saturated rings. The SMILES string of the molecule is COc1ccc(Cl)cc1N1CCN(CCN2CCCCC2)CC1. The minimum Gasteiger partial charge on any atom is -0.495 e. The standard InChI is InChI=1S/C18H28ClN3O/c1-23-18-6-5-16(19)15-17(18)22-13-11-21(12-14-22)10-9-20-7-3-2-4-8-20/h5-6,15H,2-4,7-14H2,1H3. The van der Waals surface area contributed by atoms with E-state index in [1.807, 2.05) is 18.2 Å². The number of hydrogen-bond acceptors (Lipinski definition) is 4. The Hall–Kier alpha value is -0.970. The molecule has 1 aromatic rings. The molecular formula is C18H28ClN3O. The zero-order valence-electron chi connectivity index (χ0n) is 14.1. The molecule has 0 saturated carbocycles. The second kappa shape index (κ2) is 8.22. The Kier molecular flexibility index (Phi) is 6.03. The van der Waals surface area contributed by atoms with Crippen molar-refractivity contribution in [2.75, 3.05) is 64.4 Å². The Morgan fingerprint density at radius 2 is 1.57 bits per heavy atom. The van der Waals surface area contributed by atoms with Gasteiger partial charge in [0, 0.05) is 44.3 Å². The van der Waals surface area contributed by atoms with E-state index in [9.17, 15) is 0 Å². The van der Waals surface area contributed by atoms with Crippen LogP contribution in [0.4, 0.5) is 5.69 Å². The van der Waals surface area contributed by atoms with Crippen LogP contribution in [0.1, 0.15) is 19.3 Å². The molecule has 2 heterocycles. The van der Waals surface area contributed by atoms with Gasteiger partial charge in [0.2, 0.25) is 0 Å². The van der Waals surface area contributed by atoms with E-state index in [4.69, 9.17) is 16.3 Å². The molecule has 0 atom stereocenters. The van der Waals surface area contributed by atoms with Crippen molar-refractivity contribution < 1.29 is 4.74 Å². The first-order chi connectivity index (χ1) is 11.3. The van der Waals surface area contributed by atoms with Crippen LogP contribution in [-0.4, -0.2) is 69.3 Å². The number of piperazine rings is 1. The van der Waals surface area contributed by atoms with Crippen molar-refractivity contribution in [2.45, 2.75) is 19.3 Å². The number of methoxy groups -OCH3 is 1. The molecule has 4 nitrogen and oxygen atoms in total. The highest BCUT2D eigenvalue weighted by molar-refractivity contribution is 6.30. The number of ether oxygens (including phenoxy) is 1. The van der Waals surface area contributed by atoms with Crippen LogP contribution >= 0.6 is 11.6 Å². The molecule has 0 N–H and O–H groups in total. The van der Waals surface area contributed by atoms with Crippen LogP contribution in [0, 0.1) is 0 Å². The van der Waals surface area contributed by atoms with Crippen molar-refractivity contribution in [3.8, 4) is 5.75 Å². The summed E-state index contributed by atoms with van der Waals surface area (Å²) in [6.45, 7) is 9.31. The molecule has 5 heteroatoms. The molecule has 23 heavy (non-hydrogen) atoms. The summed E-state index contributed by atoms with van der Waals surface area (Å²) in [5.74, 6) is 0.913. The molecule has 2 aliphatic rings. The van der Waals surface area contributed by atoms with E-state index in [-0.39, 0.29) is 0 Å². The van der Waals surface area contributed by atoms with Crippen LogP contribution in [0.5, 0.6) is 5.75 Å². The Morgan fingerprint density at radius 1 is 0.913 bits per heavy atom. The predicted molar refractivity (Wildman–Crippen MR) is 96.9 cm³/mol. The molecule has 2 aliphatic heterocycles. The number of rotatable bonds is 5. The molecule has 0 bridgehead atoms. The Bertz CT molecular complexity index is 497. The molecule has 1 aromatic carbocycles. The summed E-state index contributed by atoms with van der Waals surface area (Å²) in [4.78, 5) is 7.60. The number of hydrogen-bond donors (Lipinski definition) is 0. The highest BCUT2D eigenvalue weighted by Gasteiger charge is 2.20. The molecule has 0 aromatic heterocycles. The van der Waals surface area contributed by atoms with E-state index >= 15 is 0 Å². The lowest BCUT2D eigenvalue weighted by Crippen LogP contribution is -2.49. The largest absolute Gasteiger partial charge is 0.495 e. The van der Waals surface area contributed by atoms with Crippen LogP contribution in [0.15, 0.2) is 18.2 Å². The first kappa shape index (κ1) is 16.9. The zero-order valence-corrected chi connectivity index (χ0v) is 14.9. The smallest absolute Gasteiger partial charge is 0.142 e. The Labute approximate surface area is 144 Å². The van der Waals surface area contributed by atoms with E-state index in [2.05, 4.69) is 14.7 Å². The van der Waals surface area contributed by atoms with Gasteiger partial charge in [-0.15, -0.1) is 0 Å². The molecule has 2 saturated heterocycles. The minimum absolute atomic E-state index is 0.772. The van der Waals surface area contributed by atoms with Crippen LogP contribution in [0.3, 0.4) is 0 Å². The highest BCUT2D eigenvalue weighted by atomic mass is 35.5. The number of likely N-dealkylation sites (tertiary alicyclic amines) is 1. The Morgan fingerprint density at radius 3 is 2.22 bits per heavy atom. The molecule has 3 rings (SSSR count). The first-order valence-corrected chi connectivity index (χ1v) is 9.17. The van der Waals surface area contributed by atoms with E-state index in [1.54, 1.807) is 7.11 Å². The first-order valence-electron chi connectivity index (χ1n) is 8.79. The van der Waals surface area contributed by atoms with E-state index in [0.717, 1.165) is 42.6 Å². The van der Waals surface area contributed by atoms with Gasteiger partial charge in [-0.05, 0) is 44.1 Å². The molecule has 0 aliphatic carbocycles. The van der Waals surface area contributed by atoms with Crippen molar-refractivity contribution in [1.29, 1.82) is 0 Å². The van der Waals surface area contributed by atoms with Gasteiger partial charge < -0.3 is 14.5 Å². The quantitative estimate of drug-likeness (QED) is 0.822. The van der Waals surface area contributed by atoms with Crippen LogP contribution < -0.4 is 9.64 Å².